The molecule has 1 N–H and O–H groups in total. The van der Waals surface area contributed by atoms with Gasteiger partial charge in [0.1, 0.15) is 36.1 Å². The van der Waals surface area contributed by atoms with E-state index in [-0.39, 0.29) is 56.4 Å². The van der Waals surface area contributed by atoms with Crippen molar-refractivity contribution in [3.8, 4) is 17.2 Å². The molecule has 5 rings (SSSR count). The molecule has 0 fully saturated rings. The Hall–Kier alpha value is -7.37. The maximum Gasteiger partial charge on any atom is 0.343 e. The normalized spacial score (nSPS) is 11.6. The standard InChI is InChI=1S/C50H53N3O13S/c1-6-44(54)60-27-11-10-26-59-32-40(64-46(56)25-29-61-45(55)7-2)33-63-38-19-15-36(16-20-38)48(58)65-42-23-14-34(24-28-62-47(57)35-17-21-39(22-18-35)66-50(3,4)5)30-37(42)31-51-53-49-52-41-12-8-9-13-43(41)67-49/h6-9,12-23,30-31,40H,1-2,10-11,24-29,32-33H2,3-5H3,(H,52,53)/b51-31+. The molecule has 0 spiro atoms. The molecular formula is C50H53N3O13S. The van der Waals surface area contributed by atoms with Gasteiger partial charge >= 0.3 is 29.8 Å². The van der Waals surface area contributed by atoms with Gasteiger partial charge in [-0.05, 0) is 112 Å². The maximum absolute atomic E-state index is 13.5. The van der Waals surface area contributed by atoms with Crippen LogP contribution in [0, 0.1) is 0 Å². The van der Waals surface area contributed by atoms with Gasteiger partial charge in [-0.25, -0.2) is 24.2 Å². The van der Waals surface area contributed by atoms with E-state index in [9.17, 15) is 24.0 Å². The van der Waals surface area contributed by atoms with Crippen LogP contribution in [0.15, 0.2) is 121 Å². The number of aromatic nitrogens is 1. The van der Waals surface area contributed by atoms with Crippen molar-refractivity contribution in [3.63, 3.8) is 0 Å². The second kappa shape index (κ2) is 25.9. The van der Waals surface area contributed by atoms with Gasteiger partial charge < -0.3 is 37.9 Å². The highest BCUT2D eigenvalue weighted by atomic mass is 32.1. The van der Waals surface area contributed by atoms with E-state index in [0.29, 0.717) is 53.6 Å². The van der Waals surface area contributed by atoms with Crippen molar-refractivity contribution in [2.45, 2.75) is 58.2 Å². The van der Waals surface area contributed by atoms with E-state index in [4.69, 9.17) is 37.9 Å². The number of benzene rings is 4. The van der Waals surface area contributed by atoms with Crippen LogP contribution in [-0.2, 0) is 44.5 Å². The van der Waals surface area contributed by atoms with Gasteiger partial charge in [0.15, 0.2) is 6.10 Å². The molecule has 4 aromatic carbocycles. The number of rotatable bonds is 26. The zero-order valence-electron chi connectivity index (χ0n) is 37.6. The molecule has 352 valence electrons. The lowest BCUT2D eigenvalue weighted by atomic mass is 10.1. The Bertz CT molecular complexity index is 2460. The molecule has 16 nitrogen and oxygen atoms in total. The molecule has 0 aliphatic heterocycles. The van der Waals surface area contributed by atoms with Crippen LogP contribution < -0.4 is 19.6 Å². The number of hydrogen-bond acceptors (Lipinski definition) is 17. The monoisotopic (exact) mass is 935 g/mol. The van der Waals surface area contributed by atoms with Crippen LogP contribution in [0.25, 0.3) is 10.2 Å². The van der Waals surface area contributed by atoms with Crippen LogP contribution in [0.3, 0.4) is 0 Å². The summed E-state index contributed by atoms with van der Waals surface area (Å²) in [6, 6.07) is 25.9. The molecular weight excluding hydrogens is 883 g/mol. The Kier molecular flexibility index (Phi) is 19.6. The lowest BCUT2D eigenvalue weighted by Gasteiger charge is -2.21. The van der Waals surface area contributed by atoms with Crippen LogP contribution in [0.2, 0.25) is 0 Å². The first kappa shape index (κ1) is 50.6. The van der Waals surface area contributed by atoms with Gasteiger partial charge in [-0.15, -0.1) is 0 Å². The minimum absolute atomic E-state index is 0.0106. The Morgan fingerprint density at radius 3 is 2.13 bits per heavy atom. The molecule has 0 saturated carbocycles. The van der Waals surface area contributed by atoms with Crippen molar-refractivity contribution in [2.75, 3.05) is 45.1 Å². The first-order chi connectivity index (χ1) is 32.3. The zero-order valence-corrected chi connectivity index (χ0v) is 38.4. The third kappa shape index (κ3) is 17.9. The summed E-state index contributed by atoms with van der Waals surface area (Å²) >= 11 is 1.44. The largest absolute Gasteiger partial charge is 0.490 e. The molecule has 1 heterocycles. The van der Waals surface area contributed by atoms with E-state index in [1.807, 2.05) is 45.0 Å². The lowest BCUT2D eigenvalue weighted by molar-refractivity contribution is -0.156. The molecule has 1 unspecified atom stereocenters. The Morgan fingerprint density at radius 1 is 0.761 bits per heavy atom. The van der Waals surface area contributed by atoms with Crippen molar-refractivity contribution >= 4 is 62.7 Å². The molecule has 1 aromatic heterocycles. The van der Waals surface area contributed by atoms with Crippen molar-refractivity contribution in [2.24, 2.45) is 5.10 Å². The van der Waals surface area contributed by atoms with E-state index in [1.165, 1.54) is 29.7 Å². The topological polar surface area (TPSA) is 196 Å². The number of hydrazone groups is 1. The number of carbonyl (C=O) groups is 5. The van der Waals surface area contributed by atoms with E-state index in [0.717, 1.165) is 27.9 Å². The average Bonchev–Trinajstić information content (AvgIpc) is 3.73. The summed E-state index contributed by atoms with van der Waals surface area (Å²) in [5.41, 5.74) is 5.28. The molecule has 67 heavy (non-hydrogen) atoms. The predicted molar refractivity (Wildman–Crippen MR) is 252 cm³/mol. The number of thiazole rings is 1. The number of fused-ring (bicyclic) bond motifs is 1. The van der Waals surface area contributed by atoms with Crippen LogP contribution in [-0.4, -0.2) is 92.4 Å². The van der Waals surface area contributed by atoms with E-state index in [2.05, 4.69) is 28.7 Å². The predicted octanol–water partition coefficient (Wildman–Crippen LogP) is 8.47. The number of nitrogens with one attached hydrogen (secondary N) is 1. The van der Waals surface area contributed by atoms with Crippen molar-refractivity contribution < 1.29 is 61.9 Å². The average molecular weight is 936 g/mol. The fourth-order valence-corrected chi connectivity index (χ4v) is 6.64. The molecule has 0 saturated heterocycles. The van der Waals surface area contributed by atoms with Crippen molar-refractivity contribution in [3.05, 3.63) is 139 Å². The van der Waals surface area contributed by atoms with Crippen LogP contribution in [0.1, 0.15) is 71.9 Å². The number of unbranched alkanes of at least 4 members (excludes halogenated alkanes) is 1. The van der Waals surface area contributed by atoms with E-state index < -0.39 is 36.0 Å². The van der Waals surface area contributed by atoms with Crippen LogP contribution in [0.4, 0.5) is 5.13 Å². The summed E-state index contributed by atoms with van der Waals surface area (Å²) in [4.78, 5) is 66.0. The van der Waals surface area contributed by atoms with Gasteiger partial charge in [0, 0.05) is 30.7 Å². The quantitative estimate of drug-likeness (QED) is 0.0105. The molecule has 0 amide bonds. The van der Waals surface area contributed by atoms with Gasteiger partial charge in [0.2, 0.25) is 5.13 Å². The minimum Gasteiger partial charge on any atom is -0.490 e. The zero-order chi connectivity index (χ0) is 48.0. The summed E-state index contributed by atoms with van der Waals surface area (Å²) in [6.07, 6.45) is 4.05. The van der Waals surface area contributed by atoms with Gasteiger partial charge in [-0.3, -0.25) is 10.2 Å². The minimum atomic E-state index is -0.837. The molecule has 0 aliphatic carbocycles. The molecule has 0 radical (unpaired) electrons. The molecule has 17 heteroatoms. The van der Waals surface area contributed by atoms with Gasteiger partial charge in [0.05, 0.1) is 53.8 Å². The SMILES string of the molecule is C=CC(=O)OCCCCOCC(COc1ccc(C(=O)Oc2ccc(CCOC(=O)c3ccc(OC(C)(C)C)cc3)cc2/C=N/Nc2nc3ccccc3s2)cc1)OC(=O)CCOC(=O)C=C. The summed E-state index contributed by atoms with van der Waals surface area (Å²) in [5.74, 6) is -1.71. The molecule has 0 aliphatic rings. The summed E-state index contributed by atoms with van der Waals surface area (Å²) in [6.45, 7) is 12.8. The van der Waals surface area contributed by atoms with Crippen molar-refractivity contribution in [1.29, 1.82) is 0 Å². The Labute approximate surface area is 392 Å². The smallest absolute Gasteiger partial charge is 0.343 e. The number of nitrogens with zero attached hydrogens (tertiary/aromatic N) is 2. The summed E-state index contributed by atoms with van der Waals surface area (Å²) < 4.78 is 45.2. The summed E-state index contributed by atoms with van der Waals surface area (Å²) in [7, 11) is 0. The highest BCUT2D eigenvalue weighted by Gasteiger charge is 2.19. The molecule has 0 bridgehead atoms. The van der Waals surface area contributed by atoms with Crippen LogP contribution >= 0.6 is 11.3 Å². The Morgan fingerprint density at radius 2 is 1.43 bits per heavy atom. The number of para-hydroxylation sites is 1. The Balaban J connectivity index is 1.20. The first-order valence-corrected chi connectivity index (χ1v) is 22.1. The number of carbonyl (C=O) groups excluding carboxylic acids is 5. The fraction of sp³-hybridized carbons (Fsp3) is 0.300. The third-order valence-electron chi connectivity index (χ3n) is 9.01. The van der Waals surface area contributed by atoms with Gasteiger partial charge in [-0.1, -0.05) is 42.7 Å². The number of esters is 5. The van der Waals surface area contributed by atoms with E-state index in [1.54, 1.807) is 54.6 Å². The second-order valence-corrected chi connectivity index (χ2v) is 16.5. The van der Waals surface area contributed by atoms with Gasteiger partial charge in [-0.2, -0.15) is 5.10 Å². The number of anilines is 1. The third-order valence-corrected chi connectivity index (χ3v) is 9.95. The summed E-state index contributed by atoms with van der Waals surface area (Å²) in [5, 5.41) is 4.96. The van der Waals surface area contributed by atoms with Gasteiger partial charge in [0.25, 0.3) is 0 Å². The highest BCUT2D eigenvalue weighted by molar-refractivity contribution is 7.22. The lowest BCUT2D eigenvalue weighted by Crippen LogP contribution is -2.30. The molecule has 1 atom stereocenters. The van der Waals surface area contributed by atoms with Crippen molar-refractivity contribution in [1.82, 2.24) is 4.98 Å². The van der Waals surface area contributed by atoms with Crippen LogP contribution in [0.5, 0.6) is 17.2 Å². The molecule has 5 aromatic rings. The first-order valence-electron chi connectivity index (χ1n) is 21.3. The van der Waals surface area contributed by atoms with E-state index >= 15 is 0 Å². The number of ether oxygens (including phenoxy) is 8. The number of hydrogen-bond donors (Lipinski definition) is 1. The maximum atomic E-state index is 13.5. The second-order valence-electron chi connectivity index (χ2n) is 15.5. The highest BCUT2D eigenvalue weighted by Crippen LogP contribution is 2.26. The fourth-order valence-electron chi connectivity index (χ4n) is 5.82.